The van der Waals surface area contributed by atoms with E-state index in [0.29, 0.717) is 6.04 Å². The van der Waals surface area contributed by atoms with Gasteiger partial charge in [-0.3, -0.25) is 4.68 Å². The zero-order valence-corrected chi connectivity index (χ0v) is 11.9. The Bertz CT molecular complexity index is 384. The summed E-state index contributed by atoms with van der Waals surface area (Å²) in [5, 5.41) is 14.4. The molecule has 1 heterocycles. The van der Waals surface area contributed by atoms with Gasteiger partial charge >= 0.3 is 0 Å². The average Bonchev–Trinajstić information content (AvgIpc) is 2.89. The molecule has 3 heteroatoms. The number of aromatic nitrogens is 2. The number of nitrogens with zero attached hydrogens (tertiary/aromatic N) is 2. The minimum atomic E-state index is -0.101. The minimum Gasteiger partial charge on any atom is -0.393 e. The van der Waals surface area contributed by atoms with E-state index in [0.717, 1.165) is 38.5 Å². The van der Waals surface area contributed by atoms with E-state index in [1.165, 1.54) is 5.69 Å². The molecular weight excluding hydrogens is 224 g/mol. The lowest BCUT2D eigenvalue weighted by Gasteiger charge is -2.22. The Morgan fingerprint density at radius 2 is 2.22 bits per heavy atom. The summed E-state index contributed by atoms with van der Waals surface area (Å²) in [5.41, 5.74) is 1.42. The van der Waals surface area contributed by atoms with Crippen molar-refractivity contribution in [1.29, 1.82) is 0 Å². The van der Waals surface area contributed by atoms with Gasteiger partial charge < -0.3 is 5.11 Å². The number of hydrogen-bond acceptors (Lipinski definition) is 2. The predicted molar refractivity (Wildman–Crippen MR) is 73.5 cm³/mol. The summed E-state index contributed by atoms with van der Waals surface area (Å²) in [6.07, 6.45) is 8.26. The highest BCUT2D eigenvalue weighted by Gasteiger charge is 2.34. The van der Waals surface area contributed by atoms with Crippen LogP contribution in [0.3, 0.4) is 0 Å². The Morgan fingerprint density at radius 3 is 2.78 bits per heavy atom. The zero-order chi connectivity index (χ0) is 13.2. The topological polar surface area (TPSA) is 38.0 Å². The molecule has 0 aliphatic heterocycles. The minimum absolute atomic E-state index is 0.101. The highest BCUT2D eigenvalue weighted by atomic mass is 16.3. The fraction of sp³-hybridized carbons (Fsp3) is 0.800. The first-order valence-electron chi connectivity index (χ1n) is 7.28. The molecule has 2 unspecified atom stereocenters. The highest BCUT2D eigenvalue weighted by Crippen LogP contribution is 2.40. The first-order valence-corrected chi connectivity index (χ1v) is 7.28. The Labute approximate surface area is 110 Å². The molecule has 1 aromatic heterocycles. The van der Waals surface area contributed by atoms with E-state index in [4.69, 9.17) is 5.10 Å². The zero-order valence-electron chi connectivity index (χ0n) is 11.9. The molecule has 1 aliphatic rings. The van der Waals surface area contributed by atoms with Crippen LogP contribution in [0.25, 0.3) is 0 Å². The Morgan fingerprint density at radius 1 is 1.50 bits per heavy atom. The summed E-state index contributed by atoms with van der Waals surface area (Å²) in [5.74, 6) is 0. The molecule has 0 saturated heterocycles. The van der Waals surface area contributed by atoms with Gasteiger partial charge in [-0.15, -0.1) is 0 Å². The van der Waals surface area contributed by atoms with Crippen LogP contribution in [-0.4, -0.2) is 21.0 Å². The van der Waals surface area contributed by atoms with E-state index in [1.54, 1.807) is 0 Å². The van der Waals surface area contributed by atoms with E-state index in [1.807, 2.05) is 0 Å². The fourth-order valence-electron chi connectivity index (χ4n) is 3.22. The van der Waals surface area contributed by atoms with Crippen LogP contribution in [0.15, 0.2) is 12.3 Å². The van der Waals surface area contributed by atoms with Crippen LogP contribution in [0.5, 0.6) is 0 Å². The predicted octanol–water partition coefficient (Wildman–Crippen LogP) is 3.34. The molecule has 102 valence electrons. The number of hydrogen-bond donors (Lipinski definition) is 1. The van der Waals surface area contributed by atoms with Gasteiger partial charge in [-0.1, -0.05) is 20.8 Å². The van der Waals surface area contributed by atoms with Gasteiger partial charge in [0.05, 0.1) is 17.8 Å². The quantitative estimate of drug-likeness (QED) is 0.870. The summed E-state index contributed by atoms with van der Waals surface area (Å²) >= 11 is 0. The molecule has 2 rings (SSSR count). The lowest BCUT2D eigenvalue weighted by molar-refractivity contribution is 0.163. The first kappa shape index (κ1) is 13.6. The first-order chi connectivity index (χ1) is 8.56. The van der Waals surface area contributed by atoms with Crippen LogP contribution in [-0.2, 0) is 6.42 Å². The van der Waals surface area contributed by atoms with Gasteiger partial charge in [0.2, 0.25) is 0 Å². The van der Waals surface area contributed by atoms with Crippen LogP contribution in [0.4, 0.5) is 0 Å². The van der Waals surface area contributed by atoms with Crippen molar-refractivity contribution >= 4 is 0 Å². The molecule has 1 aromatic rings. The third-order valence-corrected chi connectivity index (χ3v) is 4.40. The summed E-state index contributed by atoms with van der Waals surface area (Å²) in [6, 6.07) is 2.68. The molecule has 2 atom stereocenters. The summed E-state index contributed by atoms with van der Waals surface area (Å²) < 4.78 is 2.12. The fourth-order valence-corrected chi connectivity index (χ4v) is 3.22. The van der Waals surface area contributed by atoms with Gasteiger partial charge in [-0.25, -0.2) is 0 Å². The van der Waals surface area contributed by atoms with Crippen molar-refractivity contribution in [3.05, 3.63) is 18.0 Å². The molecule has 1 aliphatic carbocycles. The van der Waals surface area contributed by atoms with E-state index in [2.05, 4.69) is 37.7 Å². The SMILES string of the molecule is CCC(CC)n1ccc(CC2(C)CCC(O)C2)n1. The van der Waals surface area contributed by atoms with Gasteiger partial charge in [-0.2, -0.15) is 5.10 Å². The lowest BCUT2D eigenvalue weighted by atomic mass is 9.84. The highest BCUT2D eigenvalue weighted by molar-refractivity contribution is 5.05. The number of aliphatic hydroxyl groups excluding tert-OH is 1. The molecule has 0 radical (unpaired) electrons. The van der Waals surface area contributed by atoms with E-state index < -0.39 is 0 Å². The second-order valence-corrected chi connectivity index (χ2v) is 6.14. The number of rotatable bonds is 5. The van der Waals surface area contributed by atoms with E-state index in [9.17, 15) is 5.11 Å². The Balaban J connectivity index is 2.02. The maximum absolute atomic E-state index is 9.69. The van der Waals surface area contributed by atoms with Crippen molar-refractivity contribution < 1.29 is 5.11 Å². The lowest BCUT2D eigenvalue weighted by Crippen LogP contribution is -2.17. The van der Waals surface area contributed by atoms with Gasteiger partial charge in [0.25, 0.3) is 0 Å². The van der Waals surface area contributed by atoms with Crippen LogP contribution >= 0.6 is 0 Å². The van der Waals surface area contributed by atoms with Crippen LogP contribution in [0.2, 0.25) is 0 Å². The largest absolute Gasteiger partial charge is 0.393 e. The van der Waals surface area contributed by atoms with E-state index >= 15 is 0 Å². The van der Waals surface area contributed by atoms with Crippen molar-refractivity contribution in [2.75, 3.05) is 0 Å². The third-order valence-electron chi connectivity index (χ3n) is 4.40. The standard InChI is InChI=1S/C15H26N2O/c1-4-13(5-2)17-9-7-12(16-17)10-15(3)8-6-14(18)11-15/h7,9,13-14,18H,4-6,8,10-11H2,1-3H3. The van der Waals surface area contributed by atoms with Crippen molar-refractivity contribution in [3.8, 4) is 0 Å². The molecular formula is C15H26N2O. The molecule has 0 bridgehead atoms. The van der Waals surface area contributed by atoms with Crippen molar-refractivity contribution in [3.63, 3.8) is 0 Å². The van der Waals surface area contributed by atoms with Gasteiger partial charge in [0.1, 0.15) is 0 Å². The molecule has 1 N–H and O–H groups in total. The Hall–Kier alpha value is -0.830. The van der Waals surface area contributed by atoms with Gasteiger partial charge in [-0.05, 0) is 50.0 Å². The van der Waals surface area contributed by atoms with Crippen LogP contribution in [0, 0.1) is 5.41 Å². The monoisotopic (exact) mass is 250 g/mol. The van der Waals surface area contributed by atoms with Gasteiger partial charge in [0, 0.05) is 6.20 Å². The second-order valence-electron chi connectivity index (χ2n) is 6.14. The molecule has 3 nitrogen and oxygen atoms in total. The van der Waals surface area contributed by atoms with Crippen LogP contribution in [0.1, 0.15) is 64.6 Å². The molecule has 18 heavy (non-hydrogen) atoms. The summed E-state index contributed by atoms with van der Waals surface area (Å²) in [4.78, 5) is 0. The molecule has 0 amide bonds. The van der Waals surface area contributed by atoms with E-state index in [-0.39, 0.29) is 11.5 Å². The Kier molecular flexibility index (Phi) is 4.10. The molecule has 0 spiro atoms. The summed E-state index contributed by atoms with van der Waals surface area (Å²) in [7, 11) is 0. The molecule has 1 fully saturated rings. The van der Waals surface area contributed by atoms with Crippen molar-refractivity contribution in [1.82, 2.24) is 9.78 Å². The maximum Gasteiger partial charge on any atom is 0.0630 e. The normalized spacial score (nSPS) is 28.2. The molecule has 1 saturated carbocycles. The van der Waals surface area contributed by atoms with Gasteiger partial charge in [0.15, 0.2) is 0 Å². The van der Waals surface area contributed by atoms with Crippen LogP contribution < -0.4 is 0 Å². The second kappa shape index (κ2) is 5.43. The summed E-state index contributed by atoms with van der Waals surface area (Å²) in [6.45, 7) is 6.70. The maximum atomic E-state index is 9.69. The number of aliphatic hydroxyl groups is 1. The smallest absolute Gasteiger partial charge is 0.0630 e. The average molecular weight is 250 g/mol. The molecule has 0 aromatic carbocycles. The third kappa shape index (κ3) is 2.94. The van der Waals surface area contributed by atoms with Crippen molar-refractivity contribution in [2.45, 2.75) is 71.4 Å². The van der Waals surface area contributed by atoms with Crippen molar-refractivity contribution in [2.24, 2.45) is 5.41 Å².